The lowest BCUT2D eigenvalue weighted by atomic mass is 9.96. The Hall–Kier alpha value is -0.910. The molecule has 2 heterocycles. The number of halogens is 1. The van der Waals surface area contributed by atoms with E-state index in [1.807, 2.05) is 11.4 Å². The lowest BCUT2D eigenvalue weighted by molar-refractivity contribution is -0.121. The van der Waals surface area contributed by atoms with Crippen LogP contribution >= 0.6 is 23.7 Å². The summed E-state index contributed by atoms with van der Waals surface area (Å²) in [5.74, 6) is 0.724. The summed E-state index contributed by atoms with van der Waals surface area (Å²) in [6, 6.07) is 3.66. The highest BCUT2D eigenvalue weighted by Gasteiger charge is 2.13. The summed E-state index contributed by atoms with van der Waals surface area (Å²) < 4.78 is 0. The topological polar surface area (TPSA) is 58.2 Å². The Morgan fingerprint density at radius 2 is 2.24 bits per heavy atom. The van der Waals surface area contributed by atoms with Crippen molar-refractivity contribution in [2.75, 3.05) is 19.6 Å². The molecule has 4 nitrogen and oxygen atoms in total. The van der Waals surface area contributed by atoms with Gasteiger partial charge < -0.3 is 10.6 Å². The molecule has 1 amide bonds. The molecule has 0 aromatic carbocycles. The minimum atomic E-state index is -0.0151. The minimum Gasteiger partial charge on any atom is -0.356 e. The van der Waals surface area contributed by atoms with Crippen LogP contribution in [0.25, 0.3) is 0 Å². The van der Waals surface area contributed by atoms with Gasteiger partial charge in [-0.15, -0.1) is 23.7 Å². The van der Waals surface area contributed by atoms with Gasteiger partial charge in [0.1, 0.15) is 0 Å². The third-order valence-electron chi connectivity index (χ3n) is 3.65. The Kier molecular flexibility index (Phi) is 8.57. The molecule has 1 aromatic heterocycles. The standard InChI is InChI=1S/C15H22N2O2S.ClH/c18-13(14-4-2-10-20-14)5-6-15(19)17-9-7-12-3-1-8-16-11-12;/h2,4,10,12,16H,1,3,5-9,11H2,(H,17,19);1H. The minimum absolute atomic E-state index is 0. The lowest BCUT2D eigenvalue weighted by Gasteiger charge is -2.22. The molecular formula is C15H23ClN2O2S. The van der Waals surface area contributed by atoms with Gasteiger partial charge in [0.15, 0.2) is 5.78 Å². The van der Waals surface area contributed by atoms with Gasteiger partial charge in [0.25, 0.3) is 0 Å². The van der Waals surface area contributed by atoms with Gasteiger partial charge in [0.05, 0.1) is 4.88 Å². The maximum absolute atomic E-state index is 11.8. The molecule has 21 heavy (non-hydrogen) atoms. The molecule has 1 saturated heterocycles. The predicted octanol–water partition coefficient (Wildman–Crippen LogP) is 2.64. The van der Waals surface area contributed by atoms with Crippen molar-refractivity contribution in [1.29, 1.82) is 0 Å². The molecule has 1 unspecified atom stereocenters. The summed E-state index contributed by atoms with van der Waals surface area (Å²) in [5, 5.41) is 8.17. The van der Waals surface area contributed by atoms with Crippen LogP contribution in [0.5, 0.6) is 0 Å². The van der Waals surface area contributed by atoms with E-state index in [1.165, 1.54) is 24.2 Å². The summed E-state index contributed by atoms with van der Waals surface area (Å²) in [6.45, 7) is 2.90. The number of amides is 1. The third-order valence-corrected chi connectivity index (χ3v) is 4.56. The first kappa shape index (κ1) is 18.1. The highest BCUT2D eigenvalue weighted by Crippen LogP contribution is 2.13. The molecule has 1 aromatic rings. The number of Topliss-reactive ketones (excluding diaryl/α,β-unsaturated/α-hetero) is 1. The van der Waals surface area contributed by atoms with Gasteiger partial charge >= 0.3 is 0 Å². The van der Waals surface area contributed by atoms with Crippen LogP contribution in [-0.4, -0.2) is 31.3 Å². The Morgan fingerprint density at radius 3 is 2.90 bits per heavy atom. The first-order valence-electron chi connectivity index (χ1n) is 7.30. The number of nitrogens with one attached hydrogen (secondary N) is 2. The number of piperidine rings is 1. The van der Waals surface area contributed by atoms with E-state index in [0.29, 0.717) is 18.8 Å². The number of hydrogen-bond acceptors (Lipinski definition) is 4. The molecular weight excluding hydrogens is 308 g/mol. The maximum Gasteiger partial charge on any atom is 0.220 e. The lowest BCUT2D eigenvalue weighted by Crippen LogP contribution is -2.33. The van der Waals surface area contributed by atoms with E-state index in [2.05, 4.69) is 10.6 Å². The Balaban J connectivity index is 0.00000220. The number of ketones is 1. The molecule has 1 fully saturated rings. The molecule has 1 aliphatic rings. The fourth-order valence-electron chi connectivity index (χ4n) is 2.46. The van der Waals surface area contributed by atoms with Gasteiger partial charge in [0.2, 0.25) is 5.91 Å². The fraction of sp³-hybridized carbons (Fsp3) is 0.600. The summed E-state index contributed by atoms with van der Waals surface area (Å²) in [6.07, 6.45) is 4.10. The van der Waals surface area contributed by atoms with Crippen molar-refractivity contribution in [2.24, 2.45) is 5.92 Å². The first-order valence-corrected chi connectivity index (χ1v) is 8.18. The van der Waals surface area contributed by atoms with Crippen LogP contribution in [-0.2, 0) is 4.79 Å². The Labute approximate surface area is 136 Å². The molecule has 2 rings (SSSR count). The number of carbonyl (C=O) groups is 2. The monoisotopic (exact) mass is 330 g/mol. The first-order chi connectivity index (χ1) is 9.75. The van der Waals surface area contributed by atoms with Crippen molar-refractivity contribution in [2.45, 2.75) is 32.1 Å². The second kappa shape index (κ2) is 9.92. The summed E-state index contributed by atoms with van der Waals surface area (Å²) >= 11 is 1.43. The maximum atomic E-state index is 11.8. The van der Waals surface area contributed by atoms with E-state index in [-0.39, 0.29) is 24.1 Å². The van der Waals surface area contributed by atoms with Crippen LogP contribution < -0.4 is 10.6 Å². The average molecular weight is 331 g/mol. The van der Waals surface area contributed by atoms with Crippen molar-refractivity contribution < 1.29 is 9.59 Å². The predicted molar refractivity (Wildman–Crippen MR) is 88.4 cm³/mol. The average Bonchev–Trinajstić information content (AvgIpc) is 3.00. The van der Waals surface area contributed by atoms with E-state index < -0.39 is 0 Å². The molecule has 1 aliphatic heterocycles. The van der Waals surface area contributed by atoms with Crippen molar-refractivity contribution in [3.05, 3.63) is 22.4 Å². The summed E-state index contributed by atoms with van der Waals surface area (Å²) in [7, 11) is 0. The molecule has 6 heteroatoms. The number of carbonyl (C=O) groups excluding carboxylic acids is 2. The SMILES string of the molecule is Cl.O=C(CCC(=O)c1cccs1)NCCC1CCCNC1. The van der Waals surface area contributed by atoms with Crippen LogP contribution in [0.15, 0.2) is 17.5 Å². The fourth-order valence-corrected chi connectivity index (χ4v) is 3.16. The zero-order chi connectivity index (χ0) is 14.2. The molecule has 118 valence electrons. The van der Waals surface area contributed by atoms with Gasteiger partial charge in [0, 0.05) is 19.4 Å². The molecule has 0 spiro atoms. The van der Waals surface area contributed by atoms with E-state index in [4.69, 9.17) is 0 Å². The molecule has 0 saturated carbocycles. The largest absolute Gasteiger partial charge is 0.356 e. The third kappa shape index (κ3) is 6.59. The van der Waals surface area contributed by atoms with Gasteiger partial charge in [-0.1, -0.05) is 6.07 Å². The van der Waals surface area contributed by atoms with Gasteiger partial charge in [-0.2, -0.15) is 0 Å². The highest BCUT2D eigenvalue weighted by molar-refractivity contribution is 7.12. The normalized spacial score (nSPS) is 17.8. The Morgan fingerprint density at radius 1 is 1.38 bits per heavy atom. The zero-order valence-corrected chi connectivity index (χ0v) is 13.7. The van der Waals surface area contributed by atoms with E-state index in [9.17, 15) is 9.59 Å². The second-order valence-electron chi connectivity index (χ2n) is 5.25. The van der Waals surface area contributed by atoms with Crippen LogP contribution in [0.2, 0.25) is 0 Å². The van der Waals surface area contributed by atoms with Crippen molar-refractivity contribution >= 4 is 35.4 Å². The van der Waals surface area contributed by atoms with Crippen LogP contribution in [0, 0.1) is 5.92 Å². The van der Waals surface area contributed by atoms with Gasteiger partial charge in [-0.25, -0.2) is 0 Å². The zero-order valence-electron chi connectivity index (χ0n) is 12.1. The highest BCUT2D eigenvalue weighted by atomic mass is 35.5. The van der Waals surface area contributed by atoms with Crippen molar-refractivity contribution in [3.8, 4) is 0 Å². The number of hydrogen-bond donors (Lipinski definition) is 2. The van der Waals surface area contributed by atoms with Gasteiger partial charge in [-0.3, -0.25) is 9.59 Å². The summed E-state index contributed by atoms with van der Waals surface area (Å²) in [5.41, 5.74) is 0. The van der Waals surface area contributed by atoms with E-state index >= 15 is 0 Å². The molecule has 2 N–H and O–H groups in total. The molecule has 0 radical (unpaired) electrons. The Bertz CT molecular complexity index is 431. The van der Waals surface area contributed by atoms with Crippen LogP contribution in [0.3, 0.4) is 0 Å². The van der Waals surface area contributed by atoms with Crippen LogP contribution in [0.4, 0.5) is 0 Å². The smallest absolute Gasteiger partial charge is 0.220 e. The second-order valence-corrected chi connectivity index (χ2v) is 6.20. The number of rotatable bonds is 7. The van der Waals surface area contributed by atoms with Crippen LogP contribution in [0.1, 0.15) is 41.8 Å². The molecule has 0 bridgehead atoms. The van der Waals surface area contributed by atoms with Crippen molar-refractivity contribution in [3.63, 3.8) is 0 Å². The summed E-state index contributed by atoms with van der Waals surface area (Å²) in [4.78, 5) is 24.2. The molecule has 1 atom stereocenters. The van der Waals surface area contributed by atoms with E-state index in [0.717, 1.165) is 30.9 Å². The van der Waals surface area contributed by atoms with Crippen molar-refractivity contribution in [1.82, 2.24) is 10.6 Å². The quantitative estimate of drug-likeness (QED) is 0.756. The van der Waals surface area contributed by atoms with E-state index in [1.54, 1.807) is 6.07 Å². The molecule has 0 aliphatic carbocycles. The number of thiophene rings is 1. The van der Waals surface area contributed by atoms with Gasteiger partial charge in [-0.05, 0) is 49.7 Å².